The first-order valence-corrected chi connectivity index (χ1v) is 8.03. The van der Waals surface area contributed by atoms with Crippen LogP contribution < -0.4 is 24.8 Å². The Morgan fingerprint density at radius 3 is 1.35 bits per heavy atom. The summed E-state index contributed by atoms with van der Waals surface area (Å²) in [4.78, 5) is 0. The van der Waals surface area contributed by atoms with Crippen LogP contribution in [0.5, 0.6) is 0 Å². The van der Waals surface area contributed by atoms with Crippen molar-refractivity contribution in [2.45, 2.75) is 40.5 Å². The normalized spacial score (nSPS) is 18.4. The Bertz CT molecular complexity index is 386. The summed E-state index contributed by atoms with van der Waals surface area (Å²) >= 11 is -0.438. The SMILES string of the molecule is CC1=CC(C)=[C]([Zr+2][C]2=C(C)C=C(C)C2)C1.[Cl-].[Cl-]. The molecule has 0 aliphatic heterocycles. The maximum absolute atomic E-state index is 2.38. The smallest absolute Gasteiger partial charge is 1.00 e. The van der Waals surface area contributed by atoms with Gasteiger partial charge >= 0.3 is 105 Å². The van der Waals surface area contributed by atoms with Crippen LogP contribution in [0.25, 0.3) is 0 Å². The minimum Gasteiger partial charge on any atom is -1.00 e. The minimum absolute atomic E-state index is 0. The van der Waals surface area contributed by atoms with Crippen molar-refractivity contribution in [1.29, 1.82) is 0 Å². The minimum atomic E-state index is -0.438. The van der Waals surface area contributed by atoms with Crippen molar-refractivity contribution in [2.75, 3.05) is 0 Å². The van der Waals surface area contributed by atoms with E-state index in [4.69, 9.17) is 0 Å². The summed E-state index contributed by atoms with van der Waals surface area (Å²) < 4.78 is 3.60. The third-order valence-corrected chi connectivity index (χ3v) is 7.38. The van der Waals surface area contributed by atoms with E-state index < -0.39 is 23.2 Å². The molecule has 0 atom stereocenters. The van der Waals surface area contributed by atoms with Crippen molar-refractivity contribution in [3.05, 3.63) is 41.0 Å². The standard InChI is InChI=1S/2C7H9.2ClH.Zr/c2*1-6-3-4-7(2)5-6;;;/h2*5H,3H2,1-2H3;2*1H;/q;;;;+2/p-2. The fourth-order valence-electron chi connectivity index (χ4n) is 2.32. The van der Waals surface area contributed by atoms with E-state index in [2.05, 4.69) is 39.8 Å². The largest absolute Gasteiger partial charge is 1.00 e. The molecule has 0 aromatic rings. The predicted molar refractivity (Wildman–Crippen MR) is 62.1 cm³/mol. The second-order valence-corrected chi connectivity index (χ2v) is 8.36. The van der Waals surface area contributed by atoms with Crippen LogP contribution in [0, 0.1) is 0 Å². The Morgan fingerprint density at radius 2 is 1.12 bits per heavy atom. The van der Waals surface area contributed by atoms with E-state index in [1.54, 1.807) is 28.9 Å². The summed E-state index contributed by atoms with van der Waals surface area (Å²) in [7, 11) is 0. The van der Waals surface area contributed by atoms with E-state index in [-0.39, 0.29) is 24.8 Å². The van der Waals surface area contributed by atoms with Gasteiger partial charge in [0, 0.05) is 0 Å². The van der Waals surface area contributed by atoms with Gasteiger partial charge in [-0.05, 0) is 0 Å². The number of hydrogen-bond acceptors (Lipinski definition) is 0. The van der Waals surface area contributed by atoms with Crippen LogP contribution >= 0.6 is 0 Å². The molecule has 2 aliphatic rings. The zero-order valence-electron chi connectivity index (χ0n) is 10.8. The second kappa shape index (κ2) is 7.12. The molecule has 0 saturated heterocycles. The fraction of sp³-hybridized carbons (Fsp3) is 0.429. The molecule has 0 saturated carbocycles. The van der Waals surface area contributed by atoms with Gasteiger partial charge in [-0.1, -0.05) is 0 Å². The molecule has 0 aromatic carbocycles. The maximum atomic E-state index is 2.38. The molecular weight excluding hydrogens is 330 g/mol. The van der Waals surface area contributed by atoms with Gasteiger partial charge in [0.05, 0.1) is 0 Å². The van der Waals surface area contributed by atoms with Crippen molar-refractivity contribution in [2.24, 2.45) is 0 Å². The van der Waals surface area contributed by atoms with Crippen LogP contribution in [0.2, 0.25) is 0 Å². The first kappa shape index (κ1) is 17.4. The molecule has 0 nitrogen and oxygen atoms in total. The summed E-state index contributed by atoms with van der Waals surface area (Å²) in [6, 6.07) is 0. The third kappa shape index (κ3) is 4.23. The van der Waals surface area contributed by atoms with Crippen LogP contribution in [0.15, 0.2) is 41.0 Å². The molecule has 0 fully saturated rings. The van der Waals surface area contributed by atoms with E-state index in [1.807, 2.05) is 0 Å². The van der Waals surface area contributed by atoms with Crippen LogP contribution in [0.1, 0.15) is 40.5 Å². The molecule has 0 bridgehead atoms. The number of rotatable bonds is 2. The Morgan fingerprint density at radius 1 is 0.765 bits per heavy atom. The van der Waals surface area contributed by atoms with Crippen LogP contribution in [0.3, 0.4) is 0 Å². The van der Waals surface area contributed by atoms with Gasteiger partial charge in [0.2, 0.25) is 0 Å². The van der Waals surface area contributed by atoms with E-state index in [1.165, 1.54) is 12.8 Å². The van der Waals surface area contributed by atoms with Crippen LogP contribution in [-0.4, -0.2) is 0 Å². The summed E-state index contributed by atoms with van der Waals surface area (Å²) in [5.74, 6) is 0. The van der Waals surface area contributed by atoms with E-state index in [9.17, 15) is 0 Å². The summed E-state index contributed by atoms with van der Waals surface area (Å²) in [6.45, 7) is 9.10. The molecule has 17 heavy (non-hydrogen) atoms. The van der Waals surface area contributed by atoms with Crippen LogP contribution in [0.4, 0.5) is 0 Å². The van der Waals surface area contributed by atoms with Crippen molar-refractivity contribution < 1.29 is 48.0 Å². The van der Waals surface area contributed by atoms with Gasteiger partial charge in [0.1, 0.15) is 0 Å². The molecule has 0 N–H and O–H groups in total. The fourth-order valence-corrected chi connectivity index (χ4v) is 6.34. The monoisotopic (exact) mass is 346 g/mol. The molecular formula is C14H18Cl2Zr. The van der Waals surface area contributed by atoms with Gasteiger partial charge in [-0.25, -0.2) is 0 Å². The van der Waals surface area contributed by atoms with E-state index >= 15 is 0 Å². The Hall–Kier alpha value is 0.423. The molecule has 0 amide bonds. The molecule has 0 spiro atoms. The van der Waals surface area contributed by atoms with Gasteiger partial charge in [-0.3, -0.25) is 0 Å². The van der Waals surface area contributed by atoms with Crippen molar-refractivity contribution in [3.8, 4) is 0 Å². The van der Waals surface area contributed by atoms with Gasteiger partial charge in [0.15, 0.2) is 0 Å². The van der Waals surface area contributed by atoms with Gasteiger partial charge in [-0.2, -0.15) is 0 Å². The number of allylic oxidation sites excluding steroid dienone is 8. The molecule has 2 aliphatic carbocycles. The molecule has 2 rings (SSSR count). The average Bonchev–Trinajstić information content (AvgIpc) is 2.58. The number of halogens is 2. The summed E-state index contributed by atoms with van der Waals surface area (Å²) in [5, 5.41) is 0. The van der Waals surface area contributed by atoms with E-state index in [0.717, 1.165) is 0 Å². The van der Waals surface area contributed by atoms with Gasteiger partial charge in [0.25, 0.3) is 0 Å². The van der Waals surface area contributed by atoms with Gasteiger partial charge < -0.3 is 24.8 Å². The Labute approximate surface area is 129 Å². The molecule has 0 heterocycles. The summed E-state index contributed by atoms with van der Waals surface area (Å²) in [6.07, 6.45) is 7.30. The quantitative estimate of drug-likeness (QED) is 0.560. The molecule has 0 radical (unpaired) electrons. The first-order chi connectivity index (χ1) is 7.06. The zero-order valence-corrected chi connectivity index (χ0v) is 14.8. The van der Waals surface area contributed by atoms with Crippen molar-refractivity contribution in [1.82, 2.24) is 0 Å². The number of hydrogen-bond donors (Lipinski definition) is 0. The zero-order chi connectivity index (χ0) is 11.0. The van der Waals surface area contributed by atoms with Crippen LogP contribution in [-0.2, 0) is 23.2 Å². The van der Waals surface area contributed by atoms with Crippen molar-refractivity contribution >= 4 is 0 Å². The summed E-state index contributed by atoms with van der Waals surface area (Å²) in [5.41, 5.74) is 6.27. The topological polar surface area (TPSA) is 0 Å². The third-order valence-electron chi connectivity index (χ3n) is 3.09. The average molecular weight is 348 g/mol. The predicted octanol–water partition coefficient (Wildman–Crippen LogP) is -1.68. The Balaban J connectivity index is 0.00000128. The molecule has 0 aromatic heterocycles. The second-order valence-electron chi connectivity index (χ2n) is 4.78. The maximum Gasteiger partial charge on any atom is -1.00 e. The molecule has 0 unspecified atom stereocenters. The molecule has 3 heteroatoms. The molecule has 92 valence electrons. The Kier molecular flexibility index (Phi) is 7.30. The van der Waals surface area contributed by atoms with E-state index in [0.29, 0.717) is 0 Å². The van der Waals surface area contributed by atoms with Gasteiger partial charge in [-0.15, -0.1) is 0 Å². The first-order valence-electron chi connectivity index (χ1n) is 5.57. The van der Waals surface area contributed by atoms with Crippen molar-refractivity contribution in [3.63, 3.8) is 0 Å².